The monoisotopic (exact) mass is 375 g/mol. The molecule has 1 aromatic carbocycles. The van der Waals surface area contributed by atoms with Crippen LogP contribution < -0.4 is 20.3 Å². The van der Waals surface area contributed by atoms with E-state index in [2.05, 4.69) is 10.3 Å². The standard InChI is InChI=1S/C20H29N3O4/c1-13-14(2)23(15(3)22-20(13)25)12-17(24)11-21-9-8-16-6-7-18(26-4)19(10-16)27-5/h6-7,10,17,21,24H,8-9,11-12H2,1-5H3/t17-/m0/s1. The molecule has 0 fully saturated rings. The van der Waals surface area contributed by atoms with E-state index in [9.17, 15) is 9.90 Å². The van der Waals surface area contributed by atoms with E-state index >= 15 is 0 Å². The SMILES string of the molecule is COc1ccc(CCNC[C@H](O)Cn2c(C)nc(=O)c(C)c2C)cc1OC. The van der Waals surface area contributed by atoms with Gasteiger partial charge in [-0.05, 0) is 51.4 Å². The van der Waals surface area contributed by atoms with E-state index in [1.54, 1.807) is 28.1 Å². The van der Waals surface area contributed by atoms with E-state index in [1.165, 1.54) is 0 Å². The molecule has 0 amide bonds. The molecular weight excluding hydrogens is 346 g/mol. The lowest BCUT2D eigenvalue weighted by Crippen LogP contribution is -2.33. The number of methoxy groups -OCH3 is 2. The molecule has 2 aromatic rings. The number of aliphatic hydroxyl groups excluding tert-OH is 1. The fourth-order valence-electron chi connectivity index (χ4n) is 2.97. The van der Waals surface area contributed by atoms with Gasteiger partial charge in [0.15, 0.2) is 11.5 Å². The smallest absolute Gasteiger partial charge is 0.276 e. The highest BCUT2D eigenvalue weighted by Crippen LogP contribution is 2.27. The van der Waals surface area contributed by atoms with Crippen molar-refractivity contribution in [1.82, 2.24) is 14.9 Å². The maximum Gasteiger partial charge on any atom is 0.276 e. The Hall–Kier alpha value is -2.38. The fraction of sp³-hybridized carbons (Fsp3) is 0.500. The van der Waals surface area contributed by atoms with E-state index in [-0.39, 0.29) is 5.56 Å². The molecule has 2 rings (SSSR count). The normalized spacial score (nSPS) is 12.1. The molecule has 1 aromatic heterocycles. The number of benzene rings is 1. The van der Waals surface area contributed by atoms with Crippen LogP contribution in [0.25, 0.3) is 0 Å². The minimum Gasteiger partial charge on any atom is -0.493 e. The highest BCUT2D eigenvalue weighted by atomic mass is 16.5. The first-order valence-corrected chi connectivity index (χ1v) is 9.01. The van der Waals surface area contributed by atoms with Crippen LogP contribution >= 0.6 is 0 Å². The topological polar surface area (TPSA) is 85.6 Å². The first-order valence-electron chi connectivity index (χ1n) is 9.01. The first kappa shape index (κ1) is 20.9. The number of hydrogen-bond acceptors (Lipinski definition) is 6. The average molecular weight is 375 g/mol. The van der Waals surface area contributed by atoms with Gasteiger partial charge in [0.2, 0.25) is 0 Å². The summed E-state index contributed by atoms with van der Waals surface area (Å²) in [7, 11) is 3.23. The van der Waals surface area contributed by atoms with Gasteiger partial charge in [0.05, 0.1) is 26.9 Å². The predicted octanol–water partition coefficient (Wildman–Crippen LogP) is 1.38. The summed E-state index contributed by atoms with van der Waals surface area (Å²) in [6, 6.07) is 5.85. The van der Waals surface area contributed by atoms with Crippen molar-refractivity contribution in [2.45, 2.75) is 39.8 Å². The van der Waals surface area contributed by atoms with Gasteiger partial charge in [-0.15, -0.1) is 0 Å². The summed E-state index contributed by atoms with van der Waals surface area (Å²) in [6.45, 7) is 7.00. The van der Waals surface area contributed by atoms with Crippen molar-refractivity contribution >= 4 is 0 Å². The second kappa shape index (κ2) is 9.53. The van der Waals surface area contributed by atoms with Gasteiger partial charge in [-0.3, -0.25) is 4.79 Å². The maximum absolute atomic E-state index is 11.7. The molecule has 7 heteroatoms. The van der Waals surface area contributed by atoms with E-state index in [1.807, 2.05) is 29.7 Å². The van der Waals surface area contributed by atoms with Gasteiger partial charge in [0, 0.05) is 17.8 Å². The zero-order valence-electron chi connectivity index (χ0n) is 16.7. The van der Waals surface area contributed by atoms with E-state index in [0.717, 1.165) is 24.2 Å². The van der Waals surface area contributed by atoms with Crippen molar-refractivity contribution in [2.24, 2.45) is 0 Å². The third-order valence-corrected chi connectivity index (χ3v) is 4.73. The van der Waals surface area contributed by atoms with Gasteiger partial charge >= 0.3 is 0 Å². The predicted molar refractivity (Wildman–Crippen MR) is 105 cm³/mol. The molecule has 27 heavy (non-hydrogen) atoms. The second-order valence-electron chi connectivity index (χ2n) is 6.58. The number of aryl methyl sites for hydroxylation is 1. The Kier molecular flexibility index (Phi) is 7.38. The van der Waals surface area contributed by atoms with Gasteiger partial charge in [-0.2, -0.15) is 4.98 Å². The van der Waals surface area contributed by atoms with Crippen LogP contribution in [0.5, 0.6) is 11.5 Å². The fourth-order valence-corrected chi connectivity index (χ4v) is 2.97. The molecule has 1 heterocycles. The van der Waals surface area contributed by atoms with Crippen LogP contribution in [0.1, 0.15) is 22.6 Å². The average Bonchev–Trinajstić information content (AvgIpc) is 2.66. The molecule has 7 nitrogen and oxygen atoms in total. The van der Waals surface area contributed by atoms with Crippen molar-refractivity contribution in [3.05, 3.63) is 51.2 Å². The Labute approximate surface area is 160 Å². The van der Waals surface area contributed by atoms with Gasteiger partial charge in [0.1, 0.15) is 5.82 Å². The van der Waals surface area contributed by atoms with E-state index in [0.29, 0.717) is 36.0 Å². The summed E-state index contributed by atoms with van der Waals surface area (Å²) in [5, 5.41) is 13.6. The van der Waals surface area contributed by atoms with Gasteiger partial charge < -0.3 is 24.5 Å². The maximum atomic E-state index is 11.7. The third-order valence-electron chi connectivity index (χ3n) is 4.73. The molecule has 0 radical (unpaired) electrons. The third kappa shape index (κ3) is 5.30. The highest BCUT2D eigenvalue weighted by Gasteiger charge is 2.12. The molecule has 0 unspecified atom stereocenters. The quantitative estimate of drug-likeness (QED) is 0.644. The molecule has 0 aliphatic heterocycles. The largest absolute Gasteiger partial charge is 0.493 e. The molecule has 0 aliphatic carbocycles. The molecule has 1 atom stereocenters. The summed E-state index contributed by atoms with van der Waals surface area (Å²) in [5.41, 5.74) is 2.39. The lowest BCUT2D eigenvalue weighted by Gasteiger charge is -2.19. The Morgan fingerprint density at radius 2 is 1.89 bits per heavy atom. The first-order chi connectivity index (χ1) is 12.9. The number of nitrogens with zero attached hydrogens (tertiary/aromatic N) is 2. The van der Waals surface area contributed by atoms with Crippen molar-refractivity contribution in [1.29, 1.82) is 0 Å². The molecule has 148 valence electrons. The van der Waals surface area contributed by atoms with Gasteiger partial charge in [-0.25, -0.2) is 0 Å². The molecule has 2 N–H and O–H groups in total. The van der Waals surface area contributed by atoms with Crippen LogP contribution in [-0.4, -0.2) is 48.1 Å². The van der Waals surface area contributed by atoms with Crippen molar-refractivity contribution < 1.29 is 14.6 Å². The Bertz CT molecular complexity index is 833. The molecule has 0 saturated heterocycles. The Morgan fingerprint density at radius 3 is 2.56 bits per heavy atom. The van der Waals surface area contributed by atoms with Crippen LogP contribution in [0.2, 0.25) is 0 Å². The van der Waals surface area contributed by atoms with Crippen LogP contribution in [-0.2, 0) is 13.0 Å². The number of aliphatic hydroxyl groups is 1. The zero-order valence-corrected chi connectivity index (χ0v) is 16.7. The van der Waals surface area contributed by atoms with Gasteiger partial charge in [-0.1, -0.05) is 6.07 Å². The van der Waals surface area contributed by atoms with Crippen molar-refractivity contribution in [2.75, 3.05) is 27.3 Å². The molecule has 0 saturated carbocycles. The Balaban J connectivity index is 1.86. The summed E-state index contributed by atoms with van der Waals surface area (Å²) >= 11 is 0. The molecular formula is C20H29N3O4. The molecule has 0 bridgehead atoms. The van der Waals surface area contributed by atoms with Gasteiger partial charge in [0.25, 0.3) is 5.56 Å². The van der Waals surface area contributed by atoms with Crippen molar-refractivity contribution in [3.63, 3.8) is 0 Å². The van der Waals surface area contributed by atoms with Crippen LogP contribution in [0.15, 0.2) is 23.0 Å². The lowest BCUT2D eigenvalue weighted by molar-refractivity contribution is 0.149. The molecule has 0 aliphatic rings. The minimum atomic E-state index is -0.573. The summed E-state index contributed by atoms with van der Waals surface area (Å²) < 4.78 is 12.4. The molecule has 0 spiro atoms. The Morgan fingerprint density at radius 1 is 1.19 bits per heavy atom. The number of aromatic nitrogens is 2. The van der Waals surface area contributed by atoms with Crippen molar-refractivity contribution in [3.8, 4) is 11.5 Å². The number of rotatable bonds is 9. The summed E-state index contributed by atoms with van der Waals surface area (Å²) in [6.07, 6.45) is 0.237. The zero-order chi connectivity index (χ0) is 20.0. The van der Waals surface area contributed by atoms with Crippen LogP contribution in [0.3, 0.4) is 0 Å². The second-order valence-corrected chi connectivity index (χ2v) is 6.58. The minimum absolute atomic E-state index is 0.205. The number of ether oxygens (including phenoxy) is 2. The van der Waals surface area contributed by atoms with E-state index in [4.69, 9.17) is 9.47 Å². The number of hydrogen-bond donors (Lipinski definition) is 2. The highest BCUT2D eigenvalue weighted by molar-refractivity contribution is 5.42. The van der Waals surface area contributed by atoms with Crippen LogP contribution in [0, 0.1) is 20.8 Å². The lowest BCUT2D eigenvalue weighted by atomic mass is 10.1. The van der Waals surface area contributed by atoms with Crippen LogP contribution in [0.4, 0.5) is 0 Å². The summed E-state index contributed by atoms with van der Waals surface area (Å²) in [5.74, 6) is 2.04. The van der Waals surface area contributed by atoms with E-state index < -0.39 is 6.10 Å². The summed E-state index contributed by atoms with van der Waals surface area (Å²) in [4.78, 5) is 15.7. The number of nitrogens with one attached hydrogen (secondary N) is 1.